The van der Waals surface area contributed by atoms with E-state index >= 15 is 0 Å². The fraction of sp³-hybridized carbons (Fsp3) is 0.429. The summed E-state index contributed by atoms with van der Waals surface area (Å²) in [7, 11) is 0. The van der Waals surface area contributed by atoms with Crippen molar-refractivity contribution in [3.63, 3.8) is 0 Å². The number of alkyl halides is 3. The van der Waals surface area contributed by atoms with Crippen LogP contribution in [0.1, 0.15) is 36.8 Å². The van der Waals surface area contributed by atoms with Crippen LogP contribution in [0.3, 0.4) is 0 Å². The van der Waals surface area contributed by atoms with Gasteiger partial charge in [-0.3, -0.25) is 4.98 Å². The smallest absolute Gasteiger partial charge is 0.416 e. The van der Waals surface area contributed by atoms with Crippen LogP contribution in [-0.2, 0) is 24.1 Å². The molecule has 1 saturated carbocycles. The minimum atomic E-state index is -4.53. The molecule has 0 saturated heterocycles. The van der Waals surface area contributed by atoms with Gasteiger partial charge in [-0.25, -0.2) is 4.79 Å². The molecule has 0 aliphatic heterocycles. The molecule has 1 aliphatic carbocycles. The Balaban J connectivity index is 1.40. The molecule has 0 radical (unpaired) electrons. The van der Waals surface area contributed by atoms with E-state index in [1.807, 2.05) is 6.07 Å². The first-order chi connectivity index (χ1) is 15.2. The maximum Gasteiger partial charge on any atom is 0.416 e. The third kappa shape index (κ3) is 7.26. The summed E-state index contributed by atoms with van der Waals surface area (Å²) in [4.78, 5) is 16.0. The first-order valence-electron chi connectivity index (χ1n) is 10.2. The maximum atomic E-state index is 12.9. The molecular weight excluding hydrogens is 465 g/mol. The summed E-state index contributed by atoms with van der Waals surface area (Å²) in [5.74, 6) is 0.208. The standard InChI is InChI=1S/C21H24ClF3N4O2S/c22-18-8-5-16(21(23,24)25)10-19(18)32(31)28-13-14-3-6-17(7-4-14)29-20(30)27-12-15-2-1-9-26-11-15/h1-2,5,8-11,14,17,28H,3-4,6-7,12-13H2,(H2,27,29,30)/t14-,17-,32?. The van der Waals surface area contributed by atoms with Gasteiger partial charge in [0.1, 0.15) is 0 Å². The molecule has 1 aromatic heterocycles. The zero-order valence-electron chi connectivity index (χ0n) is 17.1. The van der Waals surface area contributed by atoms with Gasteiger partial charge in [0, 0.05) is 37.6 Å². The Morgan fingerprint density at radius 1 is 1.22 bits per heavy atom. The zero-order chi connectivity index (χ0) is 23.1. The molecule has 0 spiro atoms. The lowest BCUT2D eigenvalue weighted by atomic mass is 9.86. The van der Waals surface area contributed by atoms with Crippen molar-refractivity contribution < 1.29 is 22.5 Å². The largest absolute Gasteiger partial charge is 0.593 e. The van der Waals surface area contributed by atoms with Crippen LogP contribution in [0, 0.1) is 5.92 Å². The molecule has 1 atom stereocenters. The first kappa shape index (κ1) is 24.6. The van der Waals surface area contributed by atoms with E-state index < -0.39 is 23.1 Å². The Morgan fingerprint density at radius 2 is 1.97 bits per heavy atom. The van der Waals surface area contributed by atoms with Gasteiger partial charge in [0.15, 0.2) is 4.90 Å². The second kappa shape index (κ2) is 11.2. The fourth-order valence-corrected chi connectivity index (χ4v) is 4.87. The summed E-state index contributed by atoms with van der Waals surface area (Å²) in [5.41, 5.74) is 0.0201. The molecule has 1 aromatic carbocycles. The predicted octanol–water partition coefficient (Wildman–Crippen LogP) is 4.42. The van der Waals surface area contributed by atoms with Crippen LogP contribution in [0.2, 0.25) is 5.02 Å². The van der Waals surface area contributed by atoms with Crippen LogP contribution >= 0.6 is 11.6 Å². The molecule has 0 bridgehead atoms. The molecule has 1 aliphatic rings. The van der Waals surface area contributed by atoms with E-state index in [-0.39, 0.29) is 27.9 Å². The summed E-state index contributed by atoms with van der Waals surface area (Å²) in [6.45, 7) is 0.780. The van der Waals surface area contributed by atoms with E-state index in [2.05, 4.69) is 20.3 Å². The molecule has 1 fully saturated rings. The number of nitrogens with one attached hydrogen (secondary N) is 3. The molecule has 32 heavy (non-hydrogen) atoms. The highest BCUT2D eigenvalue weighted by molar-refractivity contribution is 7.89. The molecule has 11 heteroatoms. The summed E-state index contributed by atoms with van der Waals surface area (Å²) in [6.07, 6.45) is 1.96. The zero-order valence-corrected chi connectivity index (χ0v) is 18.7. The second-order valence-corrected chi connectivity index (χ2v) is 9.34. The van der Waals surface area contributed by atoms with Gasteiger partial charge in [-0.15, -0.1) is 4.72 Å². The third-order valence-electron chi connectivity index (χ3n) is 5.32. The topological polar surface area (TPSA) is 89.1 Å². The summed E-state index contributed by atoms with van der Waals surface area (Å²) in [6, 6.07) is 6.27. The van der Waals surface area contributed by atoms with Gasteiger partial charge in [0.2, 0.25) is 0 Å². The SMILES string of the molecule is O=C(NCc1cccnc1)N[C@H]1CC[C@H](CN[S+]([O-])c2cc(C(F)(F)F)ccc2Cl)CC1. The molecular formula is C21H24ClF3N4O2S. The van der Waals surface area contributed by atoms with Crippen LogP contribution < -0.4 is 15.4 Å². The second-order valence-electron chi connectivity index (χ2n) is 7.67. The van der Waals surface area contributed by atoms with E-state index in [1.54, 1.807) is 18.5 Å². The Labute approximate surface area is 192 Å². The number of amides is 2. The van der Waals surface area contributed by atoms with E-state index in [0.717, 1.165) is 49.4 Å². The molecule has 2 amide bonds. The van der Waals surface area contributed by atoms with Crippen molar-refractivity contribution in [2.75, 3.05) is 6.54 Å². The quantitative estimate of drug-likeness (QED) is 0.503. The lowest BCUT2D eigenvalue weighted by molar-refractivity contribution is -0.137. The summed E-state index contributed by atoms with van der Waals surface area (Å²) >= 11 is 4.10. The summed E-state index contributed by atoms with van der Waals surface area (Å²) < 4.78 is 54.0. The average molecular weight is 489 g/mol. The Morgan fingerprint density at radius 3 is 2.62 bits per heavy atom. The van der Waals surface area contributed by atoms with Crippen molar-refractivity contribution in [1.82, 2.24) is 20.3 Å². The minimum absolute atomic E-state index is 0.0223. The van der Waals surface area contributed by atoms with Crippen molar-refractivity contribution in [2.45, 2.75) is 49.3 Å². The van der Waals surface area contributed by atoms with Gasteiger partial charge >= 0.3 is 12.2 Å². The van der Waals surface area contributed by atoms with Crippen molar-refractivity contribution >= 4 is 29.0 Å². The van der Waals surface area contributed by atoms with Crippen LogP contribution in [-0.4, -0.2) is 28.2 Å². The molecule has 3 N–H and O–H groups in total. The van der Waals surface area contributed by atoms with Crippen molar-refractivity contribution in [1.29, 1.82) is 0 Å². The summed E-state index contributed by atoms with van der Waals surface area (Å²) in [5, 5.41) is 5.78. The van der Waals surface area contributed by atoms with Crippen LogP contribution in [0.15, 0.2) is 47.6 Å². The van der Waals surface area contributed by atoms with Crippen LogP contribution in [0.25, 0.3) is 0 Å². The number of urea groups is 1. The highest BCUT2D eigenvalue weighted by atomic mass is 35.5. The lowest BCUT2D eigenvalue weighted by Gasteiger charge is -2.29. The number of hydrogen-bond acceptors (Lipinski definition) is 4. The maximum absolute atomic E-state index is 12.9. The molecule has 6 nitrogen and oxygen atoms in total. The van der Waals surface area contributed by atoms with Gasteiger partial charge in [-0.1, -0.05) is 17.7 Å². The van der Waals surface area contributed by atoms with Crippen LogP contribution in [0.5, 0.6) is 0 Å². The number of carbonyl (C=O) groups excluding carboxylic acids is 1. The van der Waals surface area contributed by atoms with Gasteiger partial charge in [0.05, 0.1) is 21.9 Å². The lowest BCUT2D eigenvalue weighted by Crippen LogP contribution is -2.44. The van der Waals surface area contributed by atoms with Crippen LogP contribution in [0.4, 0.5) is 18.0 Å². The van der Waals surface area contributed by atoms with E-state index in [4.69, 9.17) is 11.6 Å². The Kier molecular flexibility index (Phi) is 8.64. The number of aromatic nitrogens is 1. The minimum Gasteiger partial charge on any atom is -0.593 e. The molecule has 174 valence electrons. The average Bonchev–Trinajstić information content (AvgIpc) is 2.77. The van der Waals surface area contributed by atoms with Crippen molar-refractivity contribution in [3.8, 4) is 0 Å². The highest BCUT2D eigenvalue weighted by Gasteiger charge is 2.33. The van der Waals surface area contributed by atoms with Crippen molar-refractivity contribution in [2.24, 2.45) is 5.92 Å². The van der Waals surface area contributed by atoms with E-state index in [1.165, 1.54) is 0 Å². The number of pyridine rings is 1. The number of rotatable bonds is 7. The number of benzene rings is 1. The molecule has 2 aromatic rings. The van der Waals surface area contributed by atoms with E-state index in [0.29, 0.717) is 13.1 Å². The normalized spacial score (nSPS) is 19.9. The van der Waals surface area contributed by atoms with E-state index in [9.17, 15) is 22.5 Å². The first-order valence-corrected chi connectivity index (χ1v) is 11.7. The monoisotopic (exact) mass is 488 g/mol. The third-order valence-corrected chi connectivity index (χ3v) is 6.93. The fourth-order valence-electron chi connectivity index (χ4n) is 3.53. The molecule has 1 unspecified atom stereocenters. The number of nitrogens with zero attached hydrogens (tertiary/aromatic N) is 1. The van der Waals surface area contributed by atoms with Crippen molar-refractivity contribution in [3.05, 3.63) is 58.9 Å². The number of halogens is 4. The Bertz CT molecular complexity index is 896. The number of hydrogen-bond donors (Lipinski definition) is 3. The Hall–Kier alpha value is -2.01. The predicted molar refractivity (Wildman–Crippen MR) is 116 cm³/mol. The molecule has 1 heterocycles. The van der Waals surface area contributed by atoms with Gasteiger partial charge in [0.25, 0.3) is 0 Å². The number of carbonyl (C=O) groups is 1. The molecule has 3 rings (SSSR count). The van der Waals surface area contributed by atoms with Gasteiger partial charge in [-0.05, 0) is 55.4 Å². The van der Waals surface area contributed by atoms with Gasteiger partial charge in [-0.2, -0.15) is 13.2 Å². The van der Waals surface area contributed by atoms with Gasteiger partial charge < -0.3 is 15.2 Å². The highest BCUT2D eigenvalue weighted by Crippen LogP contribution is 2.33.